The molecule has 0 radical (unpaired) electrons. The molecular weight excluding hydrogens is 1080 g/mol. The van der Waals surface area contributed by atoms with Crippen LogP contribution < -0.4 is 9.80 Å². The van der Waals surface area contributed by atoms with Crippen molar-refractivity contribution in [1.29, 1.82) is 10.5 Å². The molecule has 28 heteroatoms. The van der Waals surface area contributed by atoms with Gasteiger partial charge in [-0.3, -0.25) is 0 Å². The van der Waals surface area contributed by atoms with E-state index in [4.69, 9.17) is 0 Å². The summed E-state index contributed by atoms with van der Waals surface area (Å²) >= 11 is 0. The van der Waals surface area contributed by atoms with Crippen molar-refractivity contribution in [3.8, 4) is 12.1 Å². The van der Waals surface area contributed by atoms with Crippen molar-refractivity contribution in [2.24, 2.45) is 0 Å². The highest BCUT2D eigenvalue weighted by Crippen LogP contribution is 2.49. The Morgan fingerprint density at radius 3 is 0.520 bits per heavy atom. The van der Waals surface area contributed by atoms with Gasteiger partial charge in [-0.15, -0.1) is 0 Å². The van der Waals surface area contributed by atoms with Gasteiger partial charge in [-0.05, 0) is 108 Å². The molecule has 396 valence electrons. The zero-order valence-corrected chi connectivity index (χ0v) is 35.9. The van der Waals surface area contributed by atoms with Crippen LogP contribution in [0.5, 0.6) is 0 Å². The van der Waals surface area contributed by atoms with Crippen LogP contribution >= 0.6 is 0 Å². The third kappa shape index (κ3) is 12.1. The first-order valence-corrected chi connectivity index (χ1v) is 19.9. The van der Waals surface area contributed by atoms with Gasteiger partial charge in [0.15, 0.2) is 5.41 Å². The minimum Gasteiger partial charge on any atom is -0.310 e. The monoisotopic (exact) mass is 1100 g/mol. The highest BCUT2D eigenvalue weighted by Gasteiger charge is 2.43. The second-order valence-electron chi connectivity index (χ2n) is 15.8. The van der Waals surface area contributed by atoms with Gasteiger partial charge in [0, 0.05) is 34.1 Å². The summed E-state index contributed by atoms with van der Waals surface area (Å²) in [5.41, 5.74) is -27.9. The van der Waals surface area contributed by atoms with Crippen molar-refractivity contribution < 1.29 is 105 Å². The highest BCUT2D eigenvalue weighted by atomic mass is 19.4. The molecule has 0 aliphatic rings. The maximum Gasteiger partial charge on any atom is 0.416 e. The first-order valence-electron chi connectivity index (χ1n) is 19.9. The fraction of sp³-hybridized carbons (Fsp3) is 0.191. The Kier molecular flexibility index (Phi) is 14.2. The summed E-state index contributed by atoms with van der Waals surface area (Å²) in [6.07, 6.45) is -45.1. The topological polar surface area (TPSA) is 54.1 Å². The van der Waals surface area contributed by atoms with E-state index in [0.29, 0.717) is 48.5 Å². The summed E-state index contributed by atoms with van der Waals surface area (Å²) in [5.74, 6) is 0. The van der Waals surface area contributed by atoms with Crippen molar-refractivity contribution in [2.45, 2.75) is 54.8 Å². The number of benzene rings is 6. The Morgan fingerprint density at radius 1 is 0.227 bits per heavy atom. The smallest absolute Gasteiger partial charge is 0.310 e. The van der Waals surface area contributed by atoms with Crippen LogP contribution in [0.2, 0.25) is 0 Å². The van der Waals surface area contributed by atoms with Gasteiger partial charge in [0.2, 0.25) is 0 Å². The Bertz CT molecular complexity index is 2680. The van der Waals surface area contributed by atoms with Crippen molar-refractivity contribution >= 4 is 34.1 Å². The highest BCUT2D eigenvalue weighted by molar-refractivity contribution is 5.80. The number of nitriles is 2. The SMILES string of the molecule is N#CC(C#N)(c1ccc(N(c2cc(C(F)(F)F)cc(C(F)(F)F)c2)c2cc(C(F)(F)F)cc(C(F)(F)F)c2)cc1)c1ccc(N(c2cc(C(F)(F)F)cc(C(F)(F)F)c2)c2cc(C(F)(F)F)cc(C(F)(F)F)c2)cc1. The molecule has 75 heavy (non-hydrogen) atoms. The number of hydrogen-bond acceptors (Lipinski definition) is 4. The van der Waals surface area contributed by atoms with Gasteiger partial charge in [0.25, 0.3) is 0 Å². The Balaban J connectivity index is 1.58. The van der Waals surface area contributed by atoms with E-state index in [9.17, 15) is 116 Å². The summed E-state index contributed by atoms with van der Waals surface area (Å²) in [7, 11) is 0. The summed E-state index contributed by atoms with van der Waals surface area (Å²) in [4.78, 5) is 0.191. The van der Waals surface area contributed by atoms with Crippen LogP contribution in [0, 0.1) is 22.7 Å². The van der Waals surface area contributed by atoms with E-state index < -0.39 is 169 Å². The molecule has 0 saturated carbocycles. The van der Waals surface area contributed by atoms with Gasteiger partial charge in [-0.2, -0.15) is 116 Å². The van der Waals surface area contributed by atoms with Crippen LogP contribution in [0.15, 0.2) is 121 Å². The number of hydrogen-bond donors (Lipinski definition) is 0. The molecule has 4 nitrogen and oxygen atoms in total. The molecule has 0 fully saturated rings. The standard InChI is InChI=1S/C47H20F24N4/c48-40(49,50)25-9-26(41(51,52)53)14-35(13-25)74(36-15-27(42(54,55)56)10-28(16-36)43(57,58)59)33-5-1-23(2-6-33)39(21-72,22-73)24-3-7-34(8-4-24)75(37-17-29(44(60,61)62)11-30(18-37)45(63,64)65)38-19-31(46(66,67)68)12-32(20-38)47(69,70)71/h1-20H. The predicted octanol–water partition coefficient (Wildman–Crippen LogP) is 18.1. The first-order chi connectivity index (χ1) is 34.1. The van der Waals surface area contributed by atoms with E-state index >= 15 is 0 Å². The number of nitrogens with zero attached hydrogens (tertiary/aromatic N) is 4. The fourth-order valence-electron chi connectivity index (χ4n) is 7.34. The maximum atomic E-state index is 14.0. The molecule has 0 amide bonds. The molecular formula is C47H20F24N4. The lowest BCUT2D eigenvalue weighted by molar-refractivity contribution is -0.144. The number of halogens is 24. The van der Waals surface area contributed by atoms with Crippen molar-refractivity contribution in [3.63, 3.8) is 0 Å². The van der Waals surface area contributed by atoms with Gasteiger partial charge in [0.05, 0.1) is 56.6 Å². The quantitative estimate of drug-likeness (QED) is 0.143. The molecule has 0 saturated heterocycles. The predicted molar refractivity (Wildman–Crippen MR) is 214 cm³/mol. The molecule has 0 atom stereocenters. The number of alkyl halides is 24. The van der Waals surface area contributed by atoms with E-state index in [-0.39, 0.29) is 58.3 Å². The first kappa shape index (κ1) is 56.5. The summed E-state index contributed by atoms with van der Waals surface area (Å²) in [6.45, 7) is 0. The molecule has 0 unspecified atom stereocenters. The van der Waals surface area contributed by atoms with Crippen LogP contribution in [-0.2, 0) is 54.8 Å². The molecule has 0 heterocycles. The molecule has 0 N–H and O–H groups in total. The van der Waals surface area contributed by atoms with Crippen LogP contribution in [0.25, 0.3) is 0 Å². The van der Waals surface area contributed by atoms with E-state index in [1.165, 1.54) is 12.1 Å². The van der Waals surface area contributed by atoms with Gasteiger partial charge in [-0.25, -0.2) is 0 Å². The molecule has 0 spiro atoms. The maximum absolute atomic E-state index is 14.0. The van der Waals surface area contributed by atoms with Crippen molar-refractivity contribution in [2.75, 3.05) is 9.80 Å². The zero-order valence-electron chi connectivity index (χ0n) is 35.9. The van der Waals surface area contributed by atoms with E-state index in [2.05, 4.69) is 0 Å². The molecule has 0 aromatic heterocycles. The molecule has 0 aliphatic carbocycles. The van der Waals surface area contributed by atoms with Crippen LogP contribution in [0.1, 0.15) is 55.6 Å². The number of rotatable bonds is 8. The van der Waals surface area contributed by atoms with Crippen molar-refractivity contribution in [1.82, 2.24) is 0 Å². The van der Waals surface area contributed by atoms with Crippen LogP contribution in [0.4, 0.5) is 139 Å². The van der Waals surface area contributed by atoms with E-state index in [1.54, 1.807) is 0 Å². The zero-order chi connectivity index (χ0) is 56.4. The molecule has 6 aromatic carbocycles. The lowest BCUT2D eigenvalue weighted by Crippen LogP contribution is -2.24. The van der Waals surface area contributed by atoms with E-state index in [1.807, 2.05) is 0 Å². The average molecular weight is 1100 g/mol. The lowest BCUT2D eigenvalue weighted by atomic mass is 9.77. The lowest BCUT2D eigenvalue weighted by Gasteiger charge is -2.30. The third-order valence-electron chi connectivity index (χ3n) is 10.8. The van der Waals surface area contributed by atoms with Crippen molar-refractivity contribution in [3.05, 3.63) is 177 Å². The Labute approximate surface area is 403 Å². The molecule has 0 bridgehead atoms. The minimum atomic E-state index is -5.64. The Hall–Kier alpha value is -7.78. The van der Waals surface area contributed by atoms with Gasteiger partial charge >= 0.3 is 49.4 Å². The molecule has 6 aromatic rings. The van der Waals surface area contributed by atoms with Gasteiger partial charge < -0.3 is 9.80 Å². The summed E-state index contributed by atoms with van der Waals surface area (Å²) < 4.78 is 337. The number of anilines is 6. The van der Waals surface area contributed by atoms with E-state index in [0.717, 1.165) is 0 Å². The average Bonchev–Trinajstić information content (AvgIpc) is 3.28. The van der Waals surface area contributed by atoms with Crippen LogP contribution in [-0.4, -0.2) is 0 Å². The molecule has 0 aliphatic heterocycles. The second-order valence-corrected chi connectivity index (χ2v) is 15.8. The normalized spacial score (nSPS) is 13.3. The van der Waals surface area contributed by atoms with Crippen LogP contribution in [0.3, 0.4) is 0 Å². The second kappa shape index (κ2) is 18.9. The Morgan fingerprint density at radius 2 is 0.387 bits per heavy atom. The third-order valence-corrected chi connectivity index (χ3v) is 10.8. The minimum absolute atomic E-state index is 0.0665. The molecule has 6 rings (SSSR count). The summed E-state index contributed by atoms with van der Waals surface area (Å²) in [5, 5.41) is 20.9. The van der Waals surface area contributed by atoms with Gasteiger partial charge in [-0.1, -0.05) is 24.3 Å². The largest absolute Gasteiger partial charge is 0.416 e. The fourth-order valence-corrected chi connectivity index (χ4v) is 7.34. The summed E-state index contributed by atoms with van der Waals surface area (Å²) in [6, 6.07) is 5.95. The van der Waals surface area contributed by atoms with Gasteiger partial charge in [0.1, 0.15) is 0 Å².